The van der Waals surface area contributed by atoms with Gasteiger partial charge >= 0.3 is 0 Å². The van der Waals surface area contributed by atoms with Crippen LogP contribution in [-0.2, 0) is 24.8 Å². The molecule has 0 aliphatic heterocycles. The molecule has 0 unspecified atom stereocenters. The molecule has 0 aromatic heterocycles. The summed E-state index contributed by atoms with van der Waals surface area (Å²) >= 11 is 24.3. The molecule has 14 heteroatoms. The van der Waals surface area contributed by atoms with Gasteiger partial charge in [0, 0.05) is 20.8 Å². The van der Waals surface area contributed by atoms with Crippen LogP contribution in [-0.4, -0.2) is 29.3 Å². The maximum atomic E-state index is 13.5. The van der Waals surface area contributed by atoms with E-state index in [2.05, 4.69) is 10.0 Å². The van der Waals surface area contributed by atoms with Crippen LogP contribution in [0.15, 0.2) is 101 Å². The van der Waals surface area contributed by atoms with Crippen molar-refractivity contribution < 1.29 is 21.6 Å². The molecule has 40 heavy (non-hydrogen) atoms. The van der Waals surface area contributed by atoms with Gasteiger partial charge in [-0.25, -0.2) is 16.8 Å². The Bertz CT molecular complexity index is 1750. The molecule has 0 aliphatic rings. The van der Waals surface area contributed by atoms with E-state index in [9.17, 15) is 21.6 Å². The number of benzene rings is 4. The van der Waals surface area contributed by atoms with Gasteiger partial charge < -0.3 is 5.32 Å². The standard InChI is InChI=1S/C26H19Cl4N3O5S2/c27-17-6-11-24(30)25(15-17)33(40(37,38)23-4-2-1-3-5-23)16-26(34)31-20-7-9-22(10-8-20)39(35,36)32-21-13-18(28)12-19(29)14-21/h1-15,32H,16H2,(H,31,34). The van der Waals surface area contributed by atoms with Crippen molar-refractivity contribution in [2.75, 3.05) is 20.9 Å². The van der Waals surface area contributed by atoms with Crippen molar-refractivity contribution in [1.29, 1.82) is 0 Å². The highest BCUT2D eigenvalue weighted by Gasteiger charge is 2.29. The first-order valence-electron chi connectivity index (χ1n) is 11.3. The maximum Gasteiger partial charge on any atom is 0.264 e. The summed E-state index contributed by atoms with van der Waals surface area (Å²) in [6, 6.07) is 21.4. The first-order valence-corrected chi connectivity index (χ1v) is 15.7. The molecule has 0 atom stereocenters. The molecule has 0 fully saturated rings. The second-order valence-electron chi connectivity index (χ2n) is 8.26. The summed E-state index contributed by atoms with van der Waals surface area (Å²) in [5.74, 6) is -0.710. The Hall–Kier alpha value is -2.99. The number of halogens is 4. The molecular formula is C26H19Cl4N3O5S2. The molecule has 1 amide bonds. The molecule has 0 heterocycles. The van der Waals surface area contributed by atoms with E-state index in [1.54, 1.807) is 18.2 Å². The molecule has 208 valence electrons. The Labute approximate surface area is 251 Å². The molecule has 8 nitrogen and oxygen atoms in total. The Morgan fingerprint density at radius 2 is 1.30 bits per heavy atom. The largest absolute Gasteiger partial charge is 0.325 e. The summed E-state index contributed by atoms with van der Waals surface area (Å²) < 4.78 is 55.8. The number of carbonyl (C=O) groups excluding carboxylic acids is 1. The fraction of sp³-hybridized carbons (Fsp3) is 0.0385. The highest BCUT2D eigenvalue weighted by Crippen LogP contribution is 2.33. The lowest BCUT2D eigenvalue weighted by molar-refractivity contribution is -0.114. The van der Waals surface area contributed by atoms with E-state index in [1.165, 1.54) is 72.8 Å². The third kappa shape index (κ3) is 7.20. The smallest absolute Gasteiger partial charge is 0.264 e. The fourth-order valence-corrected chi connectivity index (χ4v) is 7.03. The van der Waals surface area contributed by atoms with E-state index in [-0.39, 0.29) is 46.9 Å². The molecule has 0 bridgehead atoms. The predicted molar refractivity (Wildman–Crippen MR) is 160 cm³/mol. The molecule has 4 rings (SSSR count). The van der Waals surface area contributed by atoms with Crippen molar-refractivity contribution in [3.05, 3.63) is 111 Å². The van der Waals surface area contributed by atoms with Crippen molar-refractivity contribution in [2.24, 2.45) is 0 Å². The van der Waals surface area contributed by atoms with Gasteiger partial charge in [-0.05, 0) is 72.8 Å². The second kappa shape index (κ2) is 12.3. The van der Waals surface area contributed by atoms with E-state index in [4.69, 9.17) is 46.4 Å². The highest BCUT2D eigenvalue weighted by molar-refractivity contribution is 7.93. The molecule has 0 spiro atoms. The van der Waals surface area contributed by atoms with Gasteiger partial charge in [0.2, 0.25) is 5.91 Å². The number of anilines is 3. The van der Waals surface area contributed by atoms with Crippen molar-refractivity contribution in [3.8, 4) is 0 Å². The zero-order chi connectivity index (χ0) is 29.1. The van der Waals surface area contributed by atoms with Crippen LogP contribution in [0.5, 0.6) is 0 Å². The predicted octanol–water partition coefficient (Wildman–Crippen LogP) is 6.94. The number of nitrogens with one attached hydrogen (secondary N) is 2. The summed E-state index contributed by atoms with van der Waals surface area (Å²) in [6.07, 6.45) is 0. The van der Waals surface area contributed by atoms with Gasteiger partial charge in [0.25, 0.3) is 20.0 Å². The average Bonchev–Trinajstić information content (AvgIpc) is 2.89. The number of rotatable bonds is 9. The van der Waals surface area contributed by atoms with Gasteiger partial charge in [-0.1, -0.05) is 64.6 Å². The van der Waals surface area contributed by atoms with Crippen molar-refractivity contribution in [1.82, 2.24) is 0 Å². The van der Waals surface area contributed by atoms with Gasteiger partial charge in [0.05, 0.1) is 26.2 Å². The second-order valence-corrected chi connectivity index (χ2v) is 13.5. The van der Waals surface area contributed by atoms with E-state index >= 15 is 0 Å². The normalized spacial score (nSPS) is 11.6. The first kappa shape index (κ1) is 30.0. The van der Waals surface area contributed by atoms with Crippen LogP contribution in [0.1, 0.15) is 0 Å². The van der Waals surface area contributed by atoms with Gasteiger partial charge in [-0.3, -0.25) is 13.8 Å². The molecule has 2 N–H and O–H groups in total. The Morgan fingerprint density at radius 1 is 0.675 bits per heavy atom. The summed E-state index contributed by atoms with van der Waals surface area (Å²) in [4.78, 5) is 12.9. The molecule has 0 saturated heterocycles. The summed E-state index contributed by atoms with van der Waals surface area (Å²) in [5, 5.41) is 3.37. The Kier molecular flexibility index (Phi) is 9.19. The van der Waals surface area contributed by atoms with Gasteiger partial charge in [0.15, 0.2) is 0 Å². The van der Waals surface area contributed by atoms with Crippen LogP contribution in [0, 0.1) is 0 Å². The van der Waals surface area contributed by atoms with Crippen LogP contribution in [0.3, 0.4) is 0 Å². The van der Waals surface area contributed by atoms with Crippen LogP contribution >= 0.6 is 46.4 Å². The molecule has 0 radical (unpaired) electrons. The monoisotopic (exact) mass is 657 g/mol. The lowest BCUT2D eigenvalue weighted by Crippen LogP contribution is -2.38. The molecular weight excluding hydrogens is 640 g/mol. The average molecular weight is 659 g/mol. The summed E-state index contributed by atoms with van der Waals surface area (Å²) in [7, 11) is -8.22. The molecule has 4 aromatic carbocycles. The van der Waals surface area contributed by atoms with Crippen molar-refractivity contribution in [3.63, 3.8) is 0 Å². The lowest BCUT2D eigenvalue weighted by Gasteiger charge is -2.25. The van der Waals surface area contributed by atoms with E-state index in [1.807, 2.05) is 0 Å². The van der Waals surface area contributed by atoms with Crippen LogP contribution < -0.4 is 14.3 Å². The molecule has 0 saturated carbocycles. The van der Waals surface area contributed by atoms with E-state index in [0.29, 0.717) is 0 Å². The number of hydrogen-bond acceptors (Lipinski definition) is 5. The summed E-state index contributed by atoms with van der Waals surface area (Å²) in [5.41, 5.74) is 0.417. The van der Waals surface area contributed by atoms with Crippen LogP contribution in [0.4, 0.5) is 17.1 Å². The minimum Gasteiger partial charge on any atom is -0.325 e. The minimum absolute atomic E-state index is 0.0156. The number of hydrogen-bond donors (Lipinski definition) is 2. The van der Waals surface area contributed by atoms with Crippen LogP contribution in [0.25, 0.3) is 0 Å². The third-order valence-corrected chi connectivity index (χ3v) is 9.52. The lowest BCUT2D eigenvalue weighted by atomic mass is 10.3. The van der Waals surface area contributed by atoms with E-state index in [0.717, 1.165) is 4.31 Å². The molecule has 0 aliphatic carbocycles. The number of carbonyl (C=O) groups is 1. The third-order valence-electron chi connectivity index (χ3n) is 5.36. The quantitative estimate of drug-likeness (QED) is 0.202. The van der Waals surface area contributed by atoms with Gasteiger partial charge in [-0.15, -0.1) is 0 Å². The number of sulfonamides is 2. The Morgan fingerprint density at radius 3 is 1.93 bits per heavy atom. The number of nitrogens with zero attached hydrogens (tertiary/aromatic N) is 1. The fourth-order valence-electron chi connectivity index (χ4n) is 3.57. The minimum atomic E-state index is -4.22. The van der Waals surface area contributed by atoms with Gasteiger partial charge in [0.1, 0.15) is 6.54 Å². The SMILES string of the molecule is O=C(CN(c1cc(Cl)ccc1Cl)S(=O)(=O)c1ccccc1)Nc1ccc(S(=O)(=O)Nc2cc(Cl)cc(Cl)c2)cc1. The zero-order valence-electron chi connectivity index (χ0n) is 20.2. The highest BCUT2D eigenvalue weighted by atomic mass is 35.5. The topological polar surface area (TPSA) is 113 Å². The summed E-state index contributed by atoms with van der Waals surface area (Å²) in [6.45, 7) is -0.644. The van der Waals surface area contributed by atoms with E-state index < -0.39 is 32.5 Å². The van der Waals surface area contributed by atoms with Gasteiger partial charge in [-0.2, -0.15) is 0 Å². The van der Waals surface area contributed by atoms with Crippen molar-refractivity contribution >= 4 is 89.4 Å². The number of amides is 1. The Balaban J connectivity index is 1.55. The first-order chi connectivity index (χ1) is 18.8. The molecule has 4 aromatic rings. The zero-order valence-corrected chi connectivity index (χ0v) is 24.8. The maximum absolute atomic E-state index is 13.5. The van der Waals surface area contributed by atoms with Crippen LogP contribution in [0.2, 0.25) is 20.1 Å². The van der Waals surface area contributed by atoms with Crippen molar-refractivity contribution in [2.45, 2.75) is 9.79 Å².